The Hall–Kier alpha value is -0.353. The summed E-state index contributed by atoms with van der Waals surface area (Å²) in [6, 6.07) is 0. The maximum atomic E-state index is 12.0. The van der Waals surface area contributed by atoms with E-state index in [4.69, 9.17) is 9.16 Å². The van der Waals surface area contributed by atoms with Gasteiger partial charge in [0.15, 0.2) is 0 Å². The van der Waals surface area contributed by atoms with Gasteiger partial charge >= 0.3 is 5.97 Å². The molecule has 0 aromatic rings. The number of methoxy groups -OCH3 is 1. The van der Waals surface area contributed by atoms with Crippen LogP contribution >= 0.6 is 0 Å². The Morgan fingerprint density at radius 1 is 1.31 bits per heavy atom. The molecule has 0 aromatic carbocycles. The van der Waals surface area contributed by atoms with Gasteiger partial charge in [0.2, 0.25) is 8.32 Å². The molecule has 2 atom stereocenters. The first-order chi connectivity index (χ1) is 7.37. The third-order valence-electron chi connectivity index (χ3n) is 3.91. The average Bonchev–Trinajstić information content (AvgIpc) is 2.56. The molecule has 1 rings (SSSR count). The Bertz CT molecular complexity index is 255. The van der Waals surface area contributed by atoms with E-state index in [1.165, 1.54) is 7.11 Å². The Labute approximate surface area is 99.6 Å². The van der Waals surface area contributed by atoms with Crippen LogP contribution in [0.3, 0.4) is 0 Å². The van der Waals surface area contributed by atoms with Gasteiger partial charge in [-0.1, -0.05) is 34.6 Å². The van der Waals surface area contributed by atoms with E-state index in [-0.39, 0.29) is 11.5 Å². The molecule has 4 heteroatoms. The van der Waals surface area contributed by atoms with Gasteiger partial charge in [0, 0.05) is 6.61 Å². The first-order valence-electron chi connectivity index (χ1n) is 6.09. The molecule has 0 bridgehead atoms. The van der Waals surface area contributed by atoms with Crippen molar-refractivity contribution in [3.8, 4) is 0 Å². The number of carbonyl (C=O) groups excluding carboxylic acids is 1. The van der Waals surface area contributed by atoms with Crippen LogP contribution in [0.15, 0.2) is 0 Å². The van der Waals surface area contributed by atoms with E-state index in [9.17, 15) is 4.79 Å². The van der Waals surface area contributed by atoms with Crippen LogP contribution in [-0.2, 0) is 14.0 Å². The highest BCUT2D eigenvalue weighted by Gasteiger charge is 2.58. The topological polar surface area (TPSA) is 35.5 Å². The summed E-state index contributed by atoms with van der Waals surface area (Å²) in [6.07, 6.45) is 0. The van der Waals surface area contributed by atoms with Crippen LogP contribution in [0.4, 0.5) is 0 Å². The zero-order valence-corrected chi connectivity index (χ0v) is 12.2. The lowest BCUT2D eigenvalue weighted by molar-refractivity contribution is -0.141. The van der Waals surface area contributed by atoms with Gasteiger partial charge in [-0.15, -0.1) is 0 Å². The van der Waals surface area contributed by atoms with Crippen LogP contribution in [0, 0.1) is 5.92 Å². The highest BCUT2D eigenvalue weighted by molar-refractivity contribution is 6.81. The lowest BCUT2D eigenvalue weighted by atomic mass is 10.1. The maximum absolute atomic E-state index is 12.0. The van der Waals surface area contributed by atoms with E-state index < -0.39 is 8.32 Å². The lowest BCUT2D eigenvalue weighted by Gasteiger charge is -2.38. The molecule has 0 aromatic heterocycles. The Morgan fingerprint density at radius 2 is 1.81 bits per heavy atom. The van der Waals surface area contributed by atoms with E-state index in [1.807, 2.05) is 0 Å². The molecule has 1 saturated heterocycles. The predicted octanol–water partition coefficient (Wildman–Crippen LogP) is 2.96. The molecule has 0 aliphatic carbocycles. The second kappa shape index (κ2) is 4.88. The summed E-state index contributed by atoms with van der Waals surface area (Å²) in [5.74, 6) is 0.225. The second-order valence-corrected chi connectivity index (χ2v) is 10.4. The summed E-state index contributed by atoms with van der Waals surface area (Å²) in [5.41, 5.74) is 0.889. The molecule has 1 fully saturated rings. The van der Waals surface area contributed by atoms with Gasteiger partial charge in [-0.3, -0.25) is 4.79 Å². The summed E-state index contributed by atoms with van der Waals surface area (Å²) < 4.78 is 11.1. The van der Waals surface area contributed by atoms with Crippen molar-refractivity contribution < 1.29 is 14.0 Å². The molecule has 0 N–H and O–H groups in total. The minimum Gasteiger partial charge on any atom is -0.469 e. The van der Waals surface area contributed by atoms with Crippen molar-refractivity contribution >= 4 is 14.3 Å². The fourth-order valence-corrected chi connectivity index (χ4v) is 8.81. The van der Waals surface area contributed by atoms with Crippen LogP contribution < -0.4 is 0 Å². The molecule has 0 unspecified atom stereocenters. The SMILES string of the molecule is COC(=O)[C@H]1[C@H](C)CO[Si]1(C(C)C)C(C)C. The van der Waals surface area contributed by atoms with Crippen molar-refractivity contribution in [1.29, 1.82) is 0 Å². The minimum atomic E-state index is -2.04. The van der Waals surface area contributed by atoms with E-state index in [1.54, 1.807) is 0 Å². The zero-order chi connectivity index (χ0) is 12.5. The number of hydrogen-bond acceptors (Lipinski definition) is 3. The first-order valence-corrected chi connectivity index (χ1v) is 8.23. The first kappa shape index (κ1) is 13.7. The van der Waals surface area contributed by atoms with Gasteiger partial charge in [0.1, 0.15) is 0 Å². The van der Waals surface area contributed by atoms with Crippen molar-refractivity contribution in [3.63, 3.8) is 0 Å². The molecule has 94 valence electrons. The fraction of sp³-hybridized carbons (Fsp3) is 0.917. The third kappa shape index (κ3) is 1.93. The van der Waals surface area contributed by atoms with Gasteiger partial charge in [0.25, 0.3) is 0 Å². The summed E-state index contributed by atoms with van der Waals surface area (Å²) in [5, 5.41) is 0. The van der Waals surface area contributed by atoms with Crippen LogP contribution in [0.2, 0.25) is 16.6 Å². The third-order valence-corrected chi connectivity index (χ3v) is 9.96. The van der Waals surface area contributed by atoms with E-state index in [2.05, 4.69) is 34.6 Å². The van der Waals surface area contributed by atoms with E-state index in [0.717, 1.165) is 0 Å². The molecule has 1 aliphatic heterocycles. The lowest BCUT2D eigenvalue weighted by Crippen LogP contribution is -2.48. The van der Waals surface area contributed by atoms with Crippen LogP contribution in [-0.4, -0.2) is 28.0 Å². The Morgan fingerprint density at radius 3 is 2.19 bits per heavy atom. The standard InChI is InChI=1S/C12H24O3Si/c1-8(2)16(9(3)4)11(12(13)14-6)10(5)7-15-16/h8-11H,7H2,1-6H3/t10-,11-/m1/s1. The van der Waals surface area contributed by atoms with Crippen LogP contribution in [0.1, 0.15) is 34.6 Å². The number of esters is 1. The number of carbonyl (C=O) groups is 1. The summed E-state index contributed by atoms with van der Waals surface area (Å²) in [6.45, 7) is 11.5. The highest BCUT2D eigenvalue weighted by Crippen LogP contribution is 2.51. The van der Waals surface area contributed by atoms with Crippen LogP contribution in [0.25, 0.3) is 0 Å². The maximum Gasteiger partial charge on any atom is 0.308 e. The Kier molecular flexibility index (Phi) is 4.18. The summed E-state index contributed by atoms with van der Waals surface area (Å²) >= 11 is 0. The van der Waals surface area contributed by atoms with Gasteiger partial charge in [0.05, 0.1) is 12.7 Å². The van der Waals surface area contributed by atoms with Crippen molar-refractivity contribution in [2.24, 2.45) is 5.92 Å². The monoisotopic (exact) mass is 244 g/mol. The normalized spacial score (nSPS) is 28.8. The molecule has 0 spiro atoms. The van der Waals surface area contributed by atoms with Crippen molar-refractivity contribution in [2.45, 2.75) is 51.2 Å². The van der Waals surface area contributed by atoms with Crippen molar-refractivity contribution in [3.05, 3.63) is 0 Å². The molecular weight excluding hydrogens is 220 g/mol. The van der Waals surface area contributed by atoms with E-state index in [0.29, 0.717) is 23.6 Å². The summed E-state index contributed by atoms with van der Waals surface area (Å²) in [4.78, 5) is 12.0. The van der Waals surface area contributed by atoms with Crippen LogP contribution in [0.5, 0.6) is 0 Å². The van der Waals surface area contributed by atoms with Crippen molar-refractivity contribution in [2.75, 3.05) is 13.7 Å². The van der Waals surface area contributed by atoms with Gasteiger partial charge in [-0.25, -0.2) is 0 Å². The molecule has 16 heavy (non-hydrogen) atoms. The number of ether oxygens (including phenoxy) is 1. The van der Waals surface area contributed by atoms with Gasteiger partial charge in [-0.2, -0.15) is 0 Å². The Balaban J connectivity index is 3.12. The predicted molar refractivity (Wildman–Crippen MR) is 66.8 cm³/mol. The van der Waals surface area contributed by atoms with Gasteiger partial charge < -0.3 is 9.16 Å². The molecule has 3 nitrogen and oxygen atoms in total. The minimum absolute atomic E-state index is 0.00231. The molecule has 1 aliphatic rings. The number of rotatable bonds is 3. The quantitative estimate of drug-likeness (QED) is 0.565. The smallest absolute Gasteiger partial charge is 0.308 e. The summed E-state index contributed by atoms with van der Waals surface area (Å²) in [7, 11) is -0.559. The fourth-order valence-electron chi connectivity index (χ4n) is 3.17. The number of hydrogen-bond donors (Lipinski definition) is 0. The van der Waals surface area contributed by atoms with E-state index >= 15 is 0 Å². The molecule has 0 radical (unpaired) electrons. The molecular formula is C12H24O3Si. The zero-order valence-electron chi connectivity index (χ0n) is 11.2. The largest absolute Gasteiger partial charge is 0.469 e. The van der Waals surface area contributed by atoms with Crippen molar-refractivity contribution in [1.82, 2.24) is 0 Å². The molecule has 0 saturated carbocycles. The van der Waals surface area contributed by atoms with Gasteiger partial charge in [-0.05, 0) is 17.0 Å². The highest BCUT2D eigenvalue weighted by atomic mass is 28.4. The molecule has 1 heterocycles. The molecule has 0 amide bonds. The second-order valence-electron chi connectivity index (χ2n) is 5.45. The average molecular weight is 244 g/mol.